The van der Waals surface area contributed by atoms with Crippen molar-refractivity contribution in [3.63, 3.8) is 0 Å². The van der Waals surface area contributed by atoms with Crippen LogP contribution in [0.25, 0.3) is 0 Å². The van der Waals surface area contributed by atoms with Gasteiger partial charge in [-0.2, -0.15) is 0 Å². The lowest BCUT2D eigenvalue weighted by atomic mass is 10.2. The van der Waals surface area contributed by atoms with Gasteiger partial charge in [0.25, 0.3) is 5.91 Å². The third-order valence-electron chi connectivity index (χ3n) is 2.52. The largest absolute Gasteiger partial charge is 0.468 e. The molecule has 0 aliphatic rings. The Morgan fingerprint density at radius 2 is 2.15 bits per heavy atom. The number of rotatable bonds is 5. The smallest absolute Gasteiger partial charge is 0.325 e. The first kappa shape index (κ1) is 16.7. The molecule has 0 unspecified atom stereocenters. The average molecular weight is 318 g/mol. The van der Waals surface area contributed by atoms with E-state index in [0.29, 0.717) is 5.16 Å². The second kappa shape index (κ2) is 7.44. The highest BCUT2D eigenvalue weighted by Gasteiger charge is 2.25. The Morgan fingerprint density at radius 3 is 2.65 bits per heavy atom. The number of aromatic nitrogens is 2. The predicted molar refractivity (Wildman–Crippen MR) is 77.0 cm³/mol. The van der Waals surface area contributed by atoms with Crippen LogP contribution < -0.4 is 0 Å². The molecule has 0 aromatic carbocycles. The molecule has 0 spiro atoms. The molecule has 1 rings (SSSR count). The number of hydrogen-bond acceptors (Lipinski definition) is 6. The molecule has 0 saturated carbocycles. The normalized spacial score (nSPS) is 10.5. The fourth-order valence-electron chi connectivity index (χ4n) is 1.43. The number of thioether (sulfide) groups is 1. The Labute approximate surface area is 126 Å². The Kier molecular flexibility index (Phi) is 6.22. The summed E-state index contributed by atoms with van der Waals surface area (Å²) >= 11 is 7.27. The molecule has 1 aromatic rings. The van der Waals surface area contributed by atoms with Crippen LogP contribution in [-0.4, -0.2) is 52.7 Å². The minimum atomic E-state index is -0.498. The van der Waals surface area contributed by atoms with E-state index in [9.17, 15) is 9.59 Å². The van der Waals surface area contributed by atoms with Crippen LogP contribution in [0.4, 0.5) is 0 Å². The van der Waals surface area contributed by atoms with Crippen molar-refractivity contribution < 1.29 is 14.3 Å². The van der Waals surface area contributed by atoms with Crippen molar-refractivity contribution in [3.8, 4) is 0 Å². The highest BCUT2D eigenvalue weighted by Crippen LogP contribution is 2.19. The van der Waals surface area contributed by atoms with Crippen molar-refractivity contribution in [1.29, 1.82) is 0 Å². The molecule has 0 atom stereocenters. The van der Waals surface area contributed by atoms with Gasteiger partial charge in [-0.1, -0.05) is 23.4 Å². The first-order valence-electron chi connectivity index (χ1n) is 5.85. The fraction of sp³-hybridized carbons (Fsp3) is 0.500. The number of carbonyl (C=O) groups is 2. The summed E-state index contributed by atoms with van der Waals surface area (Å²) in [6, 6.07) is -0.189. The van der Waals surface area contributed by atoms with Gasteiger partial charge in [-0.05, 0) is 20.1 Å². The Bertz CT molecular complexity index is 511. The number of ether oxygens (including phenoxy) is 1. The van der Waals surface area contributed by atoms with Crippen LogP contribution in [0.15, 0.2) is 11.4 Å². The molecule has 0 saturated heterocycles. The topological polar surface area (TPSA) is 72.4 Å². The molecule has 0 bridgehead atoms. The number of amides is 1. The SMILES string of the molecule is COC(=O)CN(C(=O)c1nc(SC)ncc1Cl)C(C)C. The first-order chi connectivity index (χ1) is 9.40. The summed E-state index contributed by atoms with van der Waals surface area (Å²) < 4.78 is 4.59. The summed E-state index contributed by atoms with van der Waals surface area (Å²) in [4.78, 5) is 33.3. The standard InChI is InChI=1S/C12H16ClN3O3S/c1-7(2)16(6-9(17)19-3)11(18)10-8(13)5-14-12(15-10)20-4/h5,7H,6H2,1-4H3. The van der Waals surface area contributed by atoms with E-state index in [0.717, 1.165) is 0 Å². The zero-order valence-corrected chi connectivity index (χ0v) is 13.3. The second-order valence-corrected chi connectivity index (χ2v) is 5.34. The van der Waals surface area contributed by atoms with Gasteiger partial charge >= 0.3 is 5.97 Å². The predicted octanol–water partition coefficient (Wildman–Crippen LogP) is 1.88. The minimum absolute atomic E-state index is 0.0867. The molecule has 0 aliphatic carbocycles. The van der Waals surface area contributed by atoms with Crippen LogP contribution in [0, 0.1) is 0 Å². The Hall–Kier alpha value is -1.34. The highest BCUT2D eigenvalue weighted by atomic mass is 35.5. The molecule has 0 N–H and O–H groups in total. The monoisotopic (exact) mass is 317 g/mol. The fourth-order valence-corrected chi connectivity index (χ4v) is 1.94. The van der Waals surface area contributed by atoms with Crippen LogP contribution in [0.3, 0.4) is 0 Å². The van der Waals surface area contributed by atoms with Gasteiger partial charge in [-0.15, -0.1) is 0 Å². The van der Waals surface area contributed by atoms with E-state index in [1.165, 1.54) is 30.0 Å². The number of esters is 1. The van der Waals surface area contributed by atoms with Crippen LogP contribution in [0.5, 0.6) is 0 Å². The zero-order chi connectivity index (χ0) is 15.3. The molecule has 8 heteroatoms. The van der Waals surface area contributed by atoms with E-state index >= 15 is 0 Å². The molecule has 6 nitrogen and oxygen atoms in total. The van der Waals surface area contributed by atoms with Gasteiger partial charge < -0.3 is 9.64 Å². The summed E-state index contributed by atoms with van der Waals surface area (Å²) in [7, 11) is 1.27. The third kappa shape index (κ3) is 4.08. The van der Waals surface area contributed by atoms with Gasteiger partial charge in [-0.25, -0.2) is 9.97 Å². The maximum atomic E-state index is 12.5. The average Bonchev–Trinajstić information content (AvgIpc) is 2.43. The van der Waals surface area contributed by atoms with E-state index in [-0.39, 0.29) is 23.3 Å². The summed E-state index contributed by atoms with van der Waals surface area (Å²) in [5, 5.41) is 0.600. The lowest BCUT2D eigenvalue weighted by Gasteiger charge is -2.25. The van der Waals surface area contributed by atoms with E-state index in [4.69, 9.17) is 11.6 Å². The quantitative estimate of drug-likeness (QED) is 0.469. The number of hydrogen-bond donors (Lipinski definition) is 0. The molecule has 1 heterocycles. The third-order valence-corrected chi connectivity index (χ3v) is 3.36. The van der Waals surface area contributed by atoms with Gasteiger partial charge in [0.15, 0.2) is 10.9 Å². The van der Waals surface area contributed by atoms with Gasteiger partial charge in [0.1, 0.15) is 6.54 Å². The molecule has 20 heavy (non-hydrogen) atoms. The molecule has 0 aliphatic heterocycles. The van der Waals surface area contributed by atoms with Crippen molar-refractivity contribution in [2.45, 2.75) is 25.0 Å². The van der Waals surface area contributed by atoms with Crippen molar-refractivity contribution in [1.82, 2.24) is 14.9 Å². The van der Waals surface area contributed by atoms with Gasteiger partial charge in [-0.3, -0.25) is 9.59 Å². The van der Waals surface area contributed by atoms with Crippen LogP contribution in [-0.2, 0) is 9.53 Å². The van der Waals surface area contributed by atoms with Gasteiger partial charge in [0.2, 0.25) is 0 Å². The number of nitrogens with zero attached hydrogens (tertiary/aromatic N) is 3. The number of methoxy groups -OCH3 is 1. The van der Waals surface area contributed by atoms with E-state index < -0.39 is 11.9 Å². The van der Waals surface area contributed by atoms with E-state index in [1.807, 2.05) is 0 Å². The zero-order valence-electron chi connectivity index (χ0n) is 11.7. The lowest BCUT2D eigenvalue weighted by molar-refractivity contribution is -0.141. The highest BCUT2D eigenvalue weighted by molar-refractivity contribution is 7.98. The summed E-state index contributed by atoms with van der Waals surface area (Å²) in [5.41, 5.74) is 0.0867. The van der Waals surface area contributed by atoms with E-state index in [1.54, 1.807) is 20.1 Å². The molecule has 0 fully saturated rings. The van der Waals surface area contributed by atoms with Gasteiger partial charge in [0, 0.05) is 6.04 Å². The molecular weight excluding hydrogens is 302 g/mol. The maximum Gasteiger partial charge on any atom is 0.325 e. The van der Waals surface area contributed by atoms with Crippen LogP contribution in [0.1, 0.15) is 24.3 Å². The van der Waals surface area contributed by atoms with Crippen molar-refractivity contribution >= 4 is 35.2 Å². The maximum absolute atomic E-state index is 12.5. The van der Waals surface area contributed by atoms with Crippen molar-refractivity contribution in [2.24, 2.45) is 0 Å². The molecule has 1 amide bonds. The summed E-state index contributed by atoms with van der Waals surface area (Å²) in [5.74, 6) is -0.921. The Morgan fingerprint density at radius 1 is 1.50 bits per heavy atom. The molecule has 0 radical (unpaired) electrons. The van der Waals surface area contributed by atoms with E-state index in [2.05, 4.69) is 14.7 Å². The summed E-state index contributed by atoms with van der Waals surface area (Å²) in [6.07, 6.45) is 3.18. The number of carbonyl (C=O) groups excluding carboxylic acids is 2. The molecule has 110 valence electrons. The van der Waals surface area contributed by atoms with Crippen LogP contribution in [0.2, 0.25) is 5.02 Å². The second-order valence-electron chi connectivity index (χ2n) is 4.16. The minimum Gasteiger partial charge on any atom is -0.468 e. The molecular formula is C12H16ClN3O3S. The Balaban J connectivity index is 3.09. The van der Waals surface area contributed by atoms with Crippen LogP contribution >= 0.6 is 23.4 Å². The number of halogens is 1. The van der Waals surface area contributed by atoms with Crippen molar-refractivity contribution in [3.05, 3.63) is 16.9 Å². The van der Waals surface area contributed by atoms with Gasteiger partial charge in [0.05, 0.1) is 18.3 Å². The lowest BCUT2D eigenvalue weighted by Crippen LogP contribution is -2.41. The molecule has 1 aromatic heterocycles. The first-order valence-corrected chi connectivity index (χ1v) is 7.45. The van der Waals surface area contributed by atoms with Crippen molar-refractivity contribution in [2.75, 3.05) is 19.9 Å². The summed E-state index contributed by atoms with van der Waals surface area (Å²) in [6.45, 7) is 3.44.